The molecule has 0 bridgehead atoms. The van der Waals surface area contributed by atoms with Crippen LogP contribution in [0, 0.1) is 0 Å². The van der Waals surface area contributed by atoms with Gasteiger partial charge in [0.2, 0.25) is 5.76 Å². The van der Waals surface area contributed by atoms with Crippen LogP contribution < -0.4 is 5.73 Å². The Morgan fingerprint density at radius 2 is 1.86 bits per heavy atom. The average molecular weight is 209 g/mol. The van der Waals surface area contributed by atoms with Crippen LogP contribution in [0.5, 0.6) is 0 Å². The molecule has 0 spiro atoms. The molecule has 0 fully saturated rings. The van der Waals surface area contributed by atoms with Gasteiger partial charge in [-0.15, -0.1) is 0 Å². The molecule has 1 aromatic heterocycles. The summed E-state index contributed by atoms with van der Waals surface area (Å²) in [6.45, 7) is 1.07. The largest absolute Gasteiger partial charge is 0.453 e. The van der Waals surface area contributed by atoms with Gasteiger partial charge in [-0.3, -0.25) is 0 Å². The van der Waals surface area contributed by atoms with E-state index in [2.05, 4.69) is 4.42 Å². The maximum atomic E-state index is 12.1. The van der Waals surface area contributed by atoms with Crippen LogP contribution in [-0.4, -0.2) is 11.7 Å². The molecule has 0 aliphatic heterocycles. The zero-order chi connectivity index (χ0) is 11.0. The minimum absolute atomic E-state index is 0.188. The predicted molar refractivity (Wildman–Crippen MR) is 42.3 cm³/mol. The average Bonchev–Trinajstić information content (AvgIpc) is 2.51. The van der Waals surface area contributed by atoms with E-state index < -0.39 is 17.5 Å². The minimum Gasteiger partial charge on any atom is -0.453 e. The number of hydrogen-bond acceptors (Lipinski definition) is 3. The lowest BCUT2D eigenvalue weighted by Gasteiger charge is -2.17. The summed E-state index contributed by atoms with van der Waals surface area (Å²) >= 11 is 0. The first-order valence-corrected chi connectivity index (χ1v) is 3.87. The number of halogens is 3. The Morgan fingerprint density at radius 3 is 2.21 bits per heavy atom. The molecule has 1 aromatic rings. The van der Waals surface area contributed by atoms with Gasteiger partial charge in [-0.25, -0.2) is 0 Å². The Bertz CT molecular complexity index is 317. The molecule has 0 aromatic carbocycles. The van der Waals surface area contributed by atoms with Crippen LogP contribution in [0.1, 0.15) is 18.4 Å². The Labute approximate surface area is 78.3 Å². The second kappa shape index (κ2) is 3.29. The van der Waals surface area contributed by atoms with Gasteiger partial charge in [-0.2, -0.15) is 13.2 Å². The summed E-state index contributed by atoms with van der Waals surface area (Å²) in [6.07, 6.45) is -4.54. The second-order valence-corrected chi connectivity index (χ2v) is 3.14. The molecule has 14 heavy (non-hydrogen) atoms. The molecule has 0 aliphatic rings. The molecule has 1 heterocycles. The van der Waals surface area contributed by atoms with Crippen molar-refractivity contribution in [1.29, 1.82) is 0 Å². The van der Waals surface area contributed by atoms with E-state index in [1.54, 1.807) is 0 Å². The first kappa shape index (κ1) is 11.1. The maximum Gasteiger partial charge on any atom is 0.449 e. The van der Waals surface area contributed by atoms with Crippen LogP contribution in [0.4, 0.5) is 13.2 Å². The summed E-state index contributed by atoms with van der Waals surface area (Å²) < 4.78 is 40.7. The molecular weight excluding hydrogens is 199 g/mol. The molecule has 0 aliphatic carbocycles. The highest BCUT2D eigenvalue weighted by molar-refractivity contribution is 5.15. The van der Waals surface area contributed by atoms with Crippen LogP contribution in [0.15, 0.2) is 16.5 Å². The first-order valence-electron chi connectivity index (χ1n) is 3.87. The van der Waals surface area contributed by atoms with Crippen LogP contribution >= 0.6 is 0 Å². The number of hydrogen-bond donors (Lipinski definition) is 2. The van der Waals surface area contributed by atoms with Crippen molar-refractivity contribution < 1.29 is 22.7 Å². The van der Waals surface area contributed by atoms with Gasteiger partial charge < -0.3 is 15.3 Å². The molecule has 0 saturated heterocycles. The van der Waals surface area contributed by atoms with Gasteiger partial charge >= 0.3 is 6.18 Å². The molecule has 80 valence electrons. The Balaban J connectivity index is 3.00. The third kappa shape index (κ3) is 2.08. The third-order valence-electron chi connectivity index (χ3n) is 1.81. The fraction of sp³-hybridized carbons (Fsp3) is 0.500. The van der Waals surface area contributed by atoms with Crippen molar-refractivity contribution in [3.05, 3.63) is 23.7 Å². The molecular formula is C8H10F3NO2. The highest BCUT2D eigenvalue weighted by Gasteiger charge is 2.37. The molecule has 1 unspecified atom stereocenters. The molecule has 1 rings (SSSR count). The summed E-state index contributed by atoms with van der Waals surface area (Å²) in [4.78, 5) is 0. The van der Waals surface area contributed by atoms with Crippen molar-refractivity contribution >= 4 is 0 Å². The molecule has 1 atom stereocenters. The van der Waals surface area contributed by atoms with Crippen LogP contribution in [-0.2, 0) is 11.8 Å². The van der Waals surface area contributed by atoms with Gasteiger partial charge in [0.25, 0.3) is 0 Å². The quantitative estimate of drug-likeness (QED) is 0.775. The lowest BCUT2D eigenvalue weighted by Crippen LogP contribution is -2.30. The van der Waals surface area contributed by atoms with Crippen molar-refractivity contribution in [1.82, 2.24) is 0 Å². The number of furan rings is 1. The van der Waals surface area contributed by atoms with Crippen molar-refractivity contribution in [3.8, 4) is 0 Å². The normalized spacial score (nSPS) is 16.7. The fourth-order valence-corrected chi connectivity index (χ4v) is 0.880. The molecule has 6 heteroatoms. The fourth-order valence-electron chi connectivity index (χ4n) is 0.880. The molecule has 0 saturated carbocycles. The molecule has 3 nitrogen and oxygen atoms in total. The zero-order valence-electron chi connectivity index (χ0n) is 7.43. The predicted octanol–water partition coefficient (Wildman–Crippen LogP) is 1.46. The number of alkyl halides is 3. The van der Waals surface area contributed by atoms with Gasteiger partial charge in [0.1, 0.15) is 11.4 Å². The SMILES string of the molecule is CC(O)(CN)c1ccc(C(F)(F)F)o1. The monoisotopic (exact) mass is 209 g/mol. The van der Waals surface area contributed by atoms with Crippen molar-refractivity contribution in [2.24, 2.45) is 5.73 Å². The highest BCUT2D eigenvalue weighted by Crippen LogP contribution is 2.33. The van der Waals surface area contributed by atoms with E-state index in [1.807, 2.05) is 0 Å². The maximum absolute atomic E-state index is 12.1. The smallest absolute Gasteiger partial charge is 0.449 e. The van der Waals surface area contributed by atoms with Gasteiger partial charge in [0.05, 0.1) is 0 Å². The van der Waals surface area contributed by atoms with E-state index >= 15 is 0 Å². The Hall–Kier alpha value is -1.01. The van der Waals surface area contributed by atoms with E-state index in [0.29, 0.717) is 0 Å². The lowest BCUT2D eigenvalue weighted by atomic mass is 10.1. The zero-order valence-corrected chi connectivity index (χ0v) is 7.43. The molecule has 3 N–H and O–H groups in total. The lowest BCUT2D eigenvalue weighted by molar-refractivity contribution is -0.154. The van der Waals surface area contributed by atoms with E-state index in [1.165, 1.54) is 6.92 Å². The van der Waals surface area contributed by atoms with Gasteiger partial charge in [0, 0.05) is 6.54 Å². The summed E-state index contributed by atoms with van der Waals surface area (Å²) in [5.74, 6) is -1.33. The standard InChI is InChI=1S/C8H10F3NO2/c1-7(13,4-12)5-2-3-6(14-5)8(9,10)11/h2-3,13H,4,12H2,1H3. The summed E-state index contributed by atoms with van der Waals surface area (Å²) in [5.41, 5.74) is 3.60. The summed E-state index contributed by atoms with van der Waals surface area (Å²) in [6, 6.07) is 1.83. The van der Waals surface area contributed by atoms with Gasteiger partial charge in [0.15, 0.2) is 0 Å². The van der Waals surface area contributed by atoms with Crippen molar-refractivity contribution in [3.63, 3.8) is 0 Å². The Kier molecular flexibility index (Phi) is 2.60. The third-order valence-corrected chi connectivity index (χ3v) is 1.81. The van der Waals surface area contributed by atoms with E-state index in [-0.39, 0.29) is 12.3 Å². The van der Waals surface area contributed by atoms with E-state index in [9.17, 15) is 18.3 Å². The topological polar surface area (TPSA) is 59.4 Å². The van der Waals surface area contributed by atoms with Gasteiger partial charge in [-0.1, -0.05) is 0 Å². The van der Waals surface area contributed by atoms with Gasteiger partial charge in [-0.05, 0) is 19.1 Å². The number of aliphatic hydroxyl groups is 1. The summed E-state index contributed by atoms with van der Waals surface area (Å²) in [5, 5.41) is 9.49. The van der Waals surface area contributed by atoms with Crippen LogP contribution in [0.2, 0.25) is 0 Å². The number of rotatable bonds is 2. The van der Waals surface area contributed by atoms with Crippen LogP contribution in [0.25, 0.3) is 0 Å². The van der Waals surface area contributed by atoms with E-state index in [4.69, 9.17) is 5.73 Å². The minimum atomic E-state index is -4.54. The molecule has 0 radical (unpaired) electrons. The second-order valence-electron chi connectivity index (χ2n) is 3.14. The number of nitrogens with two attached hydrogens (primary N) is 1. The van der Waals surface area contributed by atoms with Crippen molar-refractivity contribution in [2.45, 2.75) is 18.7 Å². The molecule has 0 amide bonds. The van der Waals surface area contributed by atoms with E-state index in [0.717, 1.165) is 12.1 Å². The first-order chi connectivity index (χ1) is 6.27. The highest BCUT2D eigenvalue weighted by atomic mass is 19.4. The van der Waals surface area contributed by atoms with Crippen molar-refractivity contribution in [2.75, 3.05) is 6.54 Å². The summed E-state index contributed by atoms with van der Waals surface area (Å²) in [7, 11) is 0. The Morgan fingerprint density at radius 1 is 1.36 bits per heavy atom. The van der Waals surface area contributed by atoms with Crippen LogP contribution in [0.3, 0.4) is 0 Å².